The largest absolute Gasteiger partial charge is 0.507 e. The van der Waals surface area contributed by atoms with Crippen LogP contribution in [0.5, 0.6) is 5.75 Å². The average molecular weight is 420 g/mol. The number of ketones is 1. The molecule has 6 heteroatoms. The molecule has 0 saturated carbocycles. The van der Waals surface area contributed by atoms with Crippen molar-refractivity contribution in [3.63, 3.8) is 0 Å². The van der Waals surface area contributed by atoms with E-state index in [0.29, 0.717) is 27.6 Å². The molecule has 0 aromatic heterocycles. The van der Waals surface area contributed by atoms with E-state index >= 15 is 0 Å². The van der Waals surface area contributed by atoms with Gasteiger partial charge in [0.05, 0.1) is 18.7 Å². The van der Waals surface area contributed by atoms with Crippen LogP contribution in [-0.4, -0.2) is 23.9 Å². The Morgan fingerprint density at radius 1 is 0.933 bits per heavy atom. The molecule has 0 radical (unpaired) electrons. The molecule has 1 heterocycles. The molecule has 0 spiro atoms. The molecule has 1 atom stereocenters. The summed E-state index contributed by atoms with van der Waals surface area (Å²) in [6.07, 6.45) is 0. The van der Waals surface area contributed by atoms with E-state index in [4.69, 9.17) is 16.3 Å². The molecule has 5 nitrogen and oxygen atoms in total. The molecule has 150 valence electrons. The lowest BCUT2D eigenvalue weighted by atomic mass is 9.95. The first-order valence-corrected chi connectivity index (χ1v) is 9.65. The van der Waals surface area contributed by atoms with Crippen LogP contribution in [0.2, 0.25) is 5.02 Å². The maximum absolute atomic E-state index is 13.0. The lowest BCUT2D eigenvalue weighted by Crippen LogP contribution is -2.29. The zero-order valence-corrected chi connectivity index (χ0v) is 16.8. The van der Waals surface area contributed by atoms with Crippen molar-refractivity contribution in [2.45, 2.75) is 6.04 Å². The number of amides is 1. The number of benzene rings is 3. The van der Waals surface area contributed by atoms with Crippen molar-refractivity contribution < 1.29 is 19.4 Å². The number of ether oxygens (including phenoxy) is 1. The van der Waals surface area contributed by atoms with E-state index < -0.39 is 17.7 Å². The van der Waals surface area contributed by atoms with Crippen LogP contribution in [0, 0.1) is 0 Å². The van der Waals surface area contributed by atoms with Crippen molar-refractivity contribution in [1.82, 2.24) is 0 Å². The minimum Gasteiger partial charge on any atom is -0.507 e. The fourth-order valence-corrected chi connectivity index (χ4v) is 3.68. The van der Waals surface area contributed by atoms with E-state index in [1.165, 1.54) is 4.90 Å². The number of hydrogen-bond donors (Lipinski definition) is 1. The van der Waals surface area contributed by atoms with E-state index in [1.54, 1.807) is 79.9 Å². The minimum absolute atomic E-state index is 0.0318. The van der Waals surface area contributed by atoms with Gasteiger partial charge in [-0.15, -0.1) is 0 Å². The number of anilines is 1. The molecule has 1 N–H and O–H groups in total. The van der Waals surface area contributed by atoms with E-state index in [1.807, 2.05) is 6.07 Å². The zero-order chi connectivity index (χ0) is 21.3. The Hall–Kier alpha value is -3.57. The van der Waals surface area contributed by atoms with Gasteiger partial charge in [0.25, 0.3) is 11.7 Å². The standard InChI is InChI=1S/C24H18ClNO4/c1-30-19-13-11-18(12-14-19)26-21(15-7-9-17(25)10-8-15)20(23(28)24(26)29)22(27)16-5-3-2-4-6-16/h2-14,21,27H,1H3/b22-20-. The topological polar surface area (TPSA) is 66.8 Å². The predicted molar refractivity (Wildman–Crippen MR) is 116 cm³/mol. The highest BCUT2D eigenvalue weighted by Crippen LogP contribution is 2.42. The molecule has 0 bridgehead atoms. The predicted octanol–water partition coefficient (Wildman–Crippen LogP) is 4.97. The van der Waals surface area contributed by atoms with Crippen molar-refractivity contribution in [2.75, 3.05) is 12.0 Å². The number of Topliss-reactive ketones (excluding diaryl/α,β-unsaturated/α-hetero) is 1. The van der Waals surface area contributed by atoms with E-state index in [-0.39, 0.29) is 11.3 Å². The monoisotopic (exact) mass is 419 g/mol. The number of rotatable bonds is 4. The second kappa shape index (κ2) is 8.05. The van der Waals surface area contributed by atoms with Gasteiger partial charge in [-0.2, -0.15) is 0 Å². The van der Waals surface area contributed by atoms with Crippen LogP contribution in [0.25, 0.3) is 5.76 Å². The van der Waals surface area contributed by atoms with Crippen LogP contribution in [-0.2, 0) is 9.59 Å². The Labute approximate surface area is 178 Å². The van der Waals surface area contributed by atoms with Crippen LogP contribution >= 0.6 is 11.6 Å². The van der Waals surface area contributed by atoms with Crippen molar-refractivity contribution in [3.05, 3.63) is 101 Å². The molecule has 3 aromatic carbocycles. The van der Waals surface area contributed by atoms with Crippen molar-refractivity contribution in [2.24, 2.45) is 0 Å². The number of methoxy groups -OCH3 is 1. The molecule has 1 unspecified atom stereocenters. The maximum atomic E-state index is 13.0. The molecule has 0 aliphatic carbocycles. The fourth-order valence-electron chi connectivity index (χ4n) is 3.55. The summed E-state index contributed by atoms with van der Waals surface area (Å²) in [7, 11) is 1.55. The van der Waals surface area contributed by atoms with Gasteiger partial charge in [0.2, 0.25) is 0 Å². The summed E-state index contributed by atoms with van der Waals surface area (Å²) in [4.78, 5) is 27.4. The summed E-state index contributed by atoms with van der Waals surface area (Å²) < 4.78 is 5.19. The van der Waals surface area contributed by atoms with Crippen LogP contribution in [0.15, 0.2) is 84.4 Å². The molecule has 3 aromatic rings. The SMILES string of the molecule is COc1ccc(N2C(=O)C(=O)/C(=C(\O)c3ccccc3)C2c2ccc(Cl)cc2)cc1. The van der Waals surface area contributed by atoms with Gasteiger partial charge in [-0.3, -0.25) is 14.5 Å². The first kappa shape index (κ1) is 19.7. The molecule has 1 fully saturated rings. The van der Waals surface area contributed by atoms with Crippen LogP contribution < -0.4 is 9.64 Å². The summed E-state index contributed by atoms with van der Waals surface area (Å²) in [5.41, 5.74) is 1.67. The van der Waals surface area contributed by atoms with Crippen molar-refractivity contribution in [1.29, 1.82) is 0 Å². The van der Waals surface area contributed by atoms with Gasteiger partial charge in [0.1, 0.15) is 11.5 Å². The van der Waals surface area contributed by atoms with Crippen LogP contribution in [0.1, 0.15) is 17.2 Å². The number of halogens is 1. The second-order valence-corrected chi connectivity index (χ2v) is 7.22. The third-order valence-corrected chi connectivity index (χ3v) is 5.28. The molecule has 30 heavy (non-hydrogen) atoms. The summed E-state index contributed by atoms with van der Waals surface area (Å²) in [6.45, 7) is 0. The van der Waals surface area contributed by atoms with Gasteiger partial charge in [-0.05, 0) is 42.0 Å². The van der Waals surface area contributed by atoms with Crippen LogP contribution in [0.3, 0.4) is 0 Å². The van der Waals surface area contributed by atoms with Gasteiger partial charge in [0, 0.05) is 16.3 Å². The van der Waals surface area contributed by atoms with Gasteiger partial charge in [-0.1, -0.05) is 54.1 Å². The van der Waals surface area contributed by atoms with Gasteiger partial charge in [0.15, 0.2) is 0 Å². The Balaban J connectivity index is 1.92. The highest BCUT2D eigenvalue weighted by molar-refractivity contribution is 6.51. The summed E-state index contributed by atoms with van der Waals surface area (Å²) in [6, 6.07) is 21.6. The number of aliphatic hydroxyl groups is 1. The lowest BCUT2D eigenvalue weighted by Gasteiger charge is -2.25. The van der Waals surface area contributed by atoms with Crippen molar-refractivity contribution in [3.8, 4) is 5.75 Å². The molecule has 1 aliphatic heterocycles. The molecular weight excluding hydrogens is 402 g/mol. The first-order chi connectivity index (χ1) is 14.5. The Morgan fingerprint density at radius 3 is 2.17 bits per heavy atom. The normalized spacial score (nSPS) is 17.9. The van der Waals surface area contributed by atoms with E-state index in [2.05, 4.69) is 0 Å². The summed E-state index contributed by atoms with van der Waals surface area (Å²) in [5, 5.41) is 11.5. The Kier molecular flexibility index (Phi) is 5.29. The molecular formula is C24H18ClNO4. The maximum Gasteiger partial charge on any atom is 0.300 e. The van der Waals surface area contributed by atoms with Gasteiger partial charge >= 0.3 is 0 Å². The molecule has 1 amide bonds. The Morgan fingerprint density at radius 2 is 1.57 bits per heavy atom. The number of aliphatic hydroxyl groups excluding tert-OH is 1. The van der Waals surface area contributed by atoms with Crippen molar-refractivity contribution >= 4 is 34.7 Å². The van der Waals surface area contributed by atoms with E-state index in [9.17, 15) is 14.7 Å². The summed E-state index contributed by atoms with van der Waals surface area (Å²) >= 11 is 6.03. The quantitative estimate of drug-likeness (QED) is 0.368. The zero-order valence-electron chi connectivity index (χ0n) is 16.1. The molecule has 1 aliphatic rings. The highest BCUT2D eigenvalue weighted by atomic mass is 35.5. The number of nitrogens with zero attached hydrogens (tertiary/aromatic N) is 1. The minimum atomic E-state index is -0.795. The smallest absolute Gasteiger partial charge is 0.300 e. The second-order valence-electron chi connectivity index (χ2n) is 6.78. The fraction of sp³-hybridized carbons (Fsp3) is 0.0833. The highest BCUT2D eigenvalue weighted by Gasteiger charge is 2.46. The summed E-state index contributed by atoms with van der Waals surface area (Å²) in [5.74, 6) is -1.04. The number of carbonyl (C=O) groups excluding carboxylic acids is 2. The first-order valence-electron chi connectivity index (χ1n) is 9.27. The third-order valence-electron chi connectivity index (χ3n) is 5.03. The Bertz CT molecular complexity index is 1120. The van der Waals surface area contributed by atoms with E-state index in [0.717, 1.165) is 0 Å². The lowest BCUT2D eigenvalue weighted by molar-refractivity contribution is -0.132. The molecule has 1 saturated heterocycles. The number of hydrogen-bond acceptors (Lipinski definition) is 4. The number of carbonyl (C=O) groups is 2. The average Bonchev–Trinajstić information content (AvgIpc) is 3.05. The van der Waals surface area contributed by atoms with Gasteiger partial charge < -0.3 is 9.84 Å². The van der Waals surface area contributed by atoms with Gasteiger partial charge in [-0.25, -0.2) is 0 Å². The van der Waals surface area contributed by atoms with Crippen LogP contribution in [0.4, 0.5) is 5.69 Å². The molecule has 4 rings (SSSR count). The third kappa shape index (κ3) is 3.44.